The second-order valence-corrected chi connectivity index (χ2v) is 9.44. The minimum Gasteiger partial charge on any atom is -0.377 e. The Bertz CT molecular complexity index is 993. The number of nitrogens with zero attached hydrogens (tertiary/aromatic N) is 2. The fourth-order valence-electron chi connectivity index (χ4n) is 3.50. The summed E-state index contributed by atoms with van der Waals surface area (Å²) in [4.78, 5) is 12.6. The van der Waals surface area contributed by atoms with Gasteiger partial charge in [-0.3, -0.25) is 4.79 Å². The molecule has 0 unspecified atom stereocenters. The van der Waals surface area contributed by atoms with Crippen LogP contribution in [-0.2, 0) is 26.2 Å². The van der Waals surface area contributed by atoms with Gasteiger partial charge in [-0.1, -0.05) is 30.3 Å². The van der Waals surface area contributed by atoms with Gasteiger partial charge in [0.1, 0.15) is 0 Å². The molecule has 1 aliphatic rings. The molecule has 31 heavy (non-hydrogen) atoms. The number of sulfonamides is 1. The van der Waals surface area contributed by atoms with Gasteiger partial charge in [0, 0.05) is 32.2 Å². The first kappa shape index (κ1) is 22.9. The molecule has 0 aromatic heterocycles. The highest BCUT2D eigenvalue weighted by Gasteiger charge is 2.31. The van der Waals surface area contributed by atoms with Crippen LogP contribution in [0.5, 0.6) is 0 Å². The van der Waals surface area contributed by atoms with E-state index >= 15 is 0 Å². The van der Waals surface area contributed by atoms with Crippen LogP contribution >= 0.6 is 0 Å². The van der Waals surface area contributed by atoms with E-state index in [-0.39, 0.29) is 16.7 Å². The second-order valence-electron chi connectivity index (χ2n) is 7.50. The van der Waals surface area contributed by atoms with Crippen molar-refractivity contribution in [3.8, 4) is 6.07 Å². The van der Waals surface area contributed by atoms with E-state index in [0.29, 0.717) is 51.3 Å². The van der Waals surface area contributed by atoms with E-state index in [1.165, 1.54) is 28.6 Å². The molecule has 7 nitrogen and oxygen atoms in total. The number of carbonyl (C=O) groups is 1. The highest BCUT2D eigenvalue weighted by molar-refractivity contribution is 7.89. The molecule has 8 heteroatoms. The average Bonchev–Trinajstić information content (AvgIpc) is 2.82. The third-order valence-corrected chi connectivity index (χ3v) is 7.24. The molecular formula is C23H27N3O4S. The number of rotatable bonds is 9. The molecule has 1 fully saturated rings. The lowest BCUT2D eigenvalue weighted by Gasteiger charge is -2.30. The van der Waals surface area contributed by atoms with Gasteiger partial charge < -0.3 is 10.1 Å². The molecule has 0 saturated carbocycles. The Morgan fingerprint density at radius 2 is 1.77 bits per heavy atom. The Balaban J connectivity index is 1.36. The number of benzene rings is 2. The smallest absolute Gasteiger partial charge is 0.243 e. The van der Waals surface area contributed by atoms with Crippen LogP contribution in [0.1, 0.15) is 30.4 Å². The average molecular weight is 442 g/mol. The van der Waals surface area contributed by atoms with Crippen molar-refractivity contribution in [3.63, 3.8) is 0 Å². The zero-order chi connectivity index (χ0) is 22.1. The molecule has 1 heterocycles. The quantitative estimate of drug-likeness (QED) is 0.603. The van der Waals surface area contributed by atoms with E-state index in [9.17, 15) is 13.2 Å². The van der Waals surface area contributed by atoms with Gasteiger partial charge in [0.15, 0.2) is 0 Å². The molecule has 164 valence electrons. The van der Waals surface area contributed by atoms with Gasteiger partial charge in [0.05, 0.1) is 23.1 Å². The highest BCUT2D eigenvalue weighted by atomic mass is 32.2. The van der Waals surface area contributed by atoms with Gasteiger partial charge in [0.2, 0.25) is 15.9 Å². The van der Waals surface area contributed by atoms with E-state index in [1.54, 1.807) is 0 Å². The summed E-state index contributed by atoms with van der Waals surface area (Å²) in [6.45, 7) is 2.27. The lowest BCUT2D eigenvalue weighted by Crippen LogP contribution is -2.43. The zero-order valence-electron chi connectivity index (χ0n) is 17.4. The lowest BCUT2D eigenvalue weighted by atomic mass is 9.97. The summed E-state index contributed by atoms with van der Waals surface area (Å²) in [7, 11) is -3.61. The second kappa shape index (κ2) is 11.0. The summed E-state index contributed by atoms with van der Waals surface area (Å²) < 4.78 is 32.6. The summed E-state index contributed by atoms with van der Waals surface area (Å²) in [5, 5.41) is 11.8. The predicted molar refractivity (Wildman–Crippen MR) is 116 cm³/mol. The molecule has 2 aromatic rings. The van der Waals surface area contributed by atoms with E-state index in [1.807, 2.05) is 36.4 Å². The molecule has 0 atom stereocenters. The Kier molecular flexibility index (Phi) is 8.18. The maximum Gasteiger partial charge on any atom is 0.243 e. The summed E-state index contributed by atoms with van der Waals surface area (Å²) in [5.41, 5.74) is 1.54. The van der Waals surface area contributed by atoms with Crippen LogP contribution in [0.3, 0.4) is 0 Å². The Labute approximate surface area is 183 Å². The minimum absolute atomic E-state index is 0.0292. The third kappa shape index (κ3) is 6.37. The van der Waals surface area contributed by atoms with Crippen LogP contribution in [0.15, 0.2) is 59.5 Å². The standard InChI is InChI=1S/C23H27N3O4S/c24-17-19-7-9-22(10-8-19)31(28,29)26-14-11-21(12-15-26)23(27)25-13-4-16-30-18-20-5-2-1-3-6-20/h1-3,5-10,21H,4,11-16,18H2,(H,25,27). The van der Waals surface area contributed by atoms with Gasteiger partial charge in [-0.05, 0) is 49.1 Å². The molecule has 3 rings (SSSR count). The fourth-order valence-corrected chi connectivity index (χ4v) is 4.97. The minimum atomic E-state index is -3.61. The first-order chi connectivity index (χ1) is 15.0. The van der Waals surface area contributed by atoms with Gasteiger partial charge in [0.25, 0.3) is 0 Å². The van der Waals surface area contributed by atoms with E-state index < -0.39 is 10.0 Å². The first-order valence-electron chi connectivity index (χ1n) is 10.4. The van der Waals surface area contributed by atoms with Gasteiger partial charge in [-0.25, -0.2) is 8.42 Å². The van der Waals surface area contributed by atoms with Crippen LogP contribution in [0.4, 0.5) is 0 Å². The number of ether oxygens (including phenoxy) is 1. The maximum absolute atomic E-state index is 12.8. The zero-order valence-corrected chi connectivity index (χ0v) is 18.2. The molecule has 2 aromatic carbocycles. The normalized spacial score (nSPS) is 15.3. The predicted octanol–water partition coefficient (Wildman–Crippen LogP) is 2.68. The molecule has 0 radical (unpaired) electrons. The Hall–Kier alpha value is -2.73. The van der Waals surface area contributed by atoms with Crippen LogP contribution in [0, 0.1) is 17.2 Å². The van der Waals surface area contributed by atoms with E-state index in [4.69, 9.17) is 10.00 Å². The lowest BCUT2D eigenvalue weighted by molar-refractivity contribution is -0.126. The van der Waals surface area contributed by atoms with Gasteiger partial charge >= 0.3 is 0 Å². The first-order valence-corrected chi connectivity index (χ1v) is 11.8. The van der Waals surface area contributed by atoms with Crippen molar-refractivity contribution < 1.29 is 17.9 Å². The van der Waals surface area contributed by atoms with Crippen molar-refractivity contribution in [2.45, 2.75) is 30.8 Å². The third-order valence-electron chi connectivity index (χ3n) is 5.32. The molecule has 0 aliphatic carbocycles. The van der Waals surface area contributed by atoms with Gasteiger partial charge in [-0.15, -0.1) is 0 Å². The molecular weight excluding hydrogens is 414 g/mol. The van der Waals surface area contributed by atoms with Crippen LogP contribution in [0.2, 0.25) is 0 Å². The van der Waals surface area contributed by atoms with Crippen LogP contribution in [-0.4, -0.2) is 44.9 Å². The molecule has 0 spiro atoms. The molecule has 1 N–H and O–H groups in total. The van der Waals surface area contributed by atoms with E-state index in [0.717, 1.165) is 12.0 Å². The van der Waals surface area contributed by atoms with Crippen molar-refractivity contribution in [3.05, 3.63) is 65.7 Å². The van der Waals surface area contributed by atoms with E-state index in [2.05, 4.69) is 5.32 Å². The van der Waals surface area contributed by atoms with Crippen LogP contribution < -0.4 is 5.32 Å². The number of carbonyl (C=O) groups excluding carboxylic acids is 1. The van der Waals surface area contributed by atoms with Crippen LogP contribution in [0.25, 0.3) is 0 Å². The number of hydrogen-bond donors (Lipinski definition) is 1. The summed E-state index contributed by atoms with van der Waals surface area (Å²) >= 11 is 0. The van der Waals surface area contributed by atoms with Crippen molar-refractivity contribution >= 4 is 15.9 Å². The Morgan fingerprint density at radius 3 is 2.42 bits per heavy atom. The number of piperidine rings is 1. The largest absolute Gasteiger partial charge is 0.377 e. The summed E-state index contributed by atoms with van der Waals surface area (Å²) in [6.07, 6.45) is 1.71. The molecule has 0 bridgehead atoms. The number of amides is 1. The van der Waals surface area contributed by atoms with Gasteiger partial charge in [-0.2, -0.15) is 9.57 Å². The highest BCUT2D eigenvalue weighted by Crippen LogP contribution is 2.24. The van der Waals surface area contributed by atoms with Crippen molar-refractivity contribution in [1.29, 1.82) is 5.26 Å². The van der Waals surface area contributed by atoms with Crippen molar-refractivity contribution in [2.75, 3.05) is 26.2 Å². The summed E-state index contributed by atoms with van der Waals surface area (Å²) in [6, 6.07) is 17.8. The number of hydrogen-bond acceptors (Lipinski definition) is 5. The SMILES string of the molecule is N#Cc1ccc(S(=O)(=O)N2CCC(C(=O)NCCCOCc3ccccc3)CC2)cc1. The molecule has 1 aliphatic heterocycles. The fraction of sp³-hybridized carbons (Fsp3) is 0.391. The number of nitriles is 1. The van der Waals surface area contributed by atoms with Crippen molar-refractivity contribution in [1.82, 2.24) is 9.62 Å². The topological polar surface area (TPSA) is 99.5 Å². The Morgan fingerprint density at radius 1 is 1.10 bits per heavy atom. The summed E-state index contributed by atoms with van der Waals surface area (Å²) in [5.74, 6) is -0.212. The number of nitrogens with one attached hydrogen (secondary N) is 1. The maximum atomic E-state index is 12.8. The molecule has 1 saturated heterocycles. The monoisotopic (exact) mass is 441 g/mol. The van der Waals surface area contributed by atoms with Crippen molar-refractivity contribution in [2.24, 2.45) is 5.92 Å². The molecule has 1 amide bonds.